The molecule has 214 valence electrons. The summed E-state index contributed by atoms with van der Waals surface area (Å²) in [6.07, 6.45) is 1.99. The lowest BCUT2D eigenvalue weighted by molar-refractivity contribution is -0.138. The van der Waals surface area contributed by atoms with Crippen molar-refractivity contribution in [2.75, 3.05) is 17.5 Å². The van der Waals surface area contributed by atoms with Gasteiger partial charge in [0.15, 0.2) is 21.2 Å². The van der Waals surface area contributed by atoms with Crippen LogP contribution in [0.4, 0.5) is 5.69 Å². The molecular formula is C28H21Br3Cl2N2O6. The minimum absolute atomic E-state index is 0.112. The Hall–Kier alpha value is -1.92. The zero-order valence-corrected chi connectivity index (χ0v) is 27.5. The molecule has 41 heavy (non-hydrogen) atoms. The van der Waals surface area contributed by atoms with E-state index < -0.39 is 51.1 Å². The third-order valence-corrected chi connectivity index (χ3v) is 11.8. The number of nitrogens with zero attached hydrogens (tertiary/aromatic N) is 2. The second-order valence-corrected chi connectivity index (χ2v) is 14.0. The molecule has 8 nitrogen and oxygen atoms in total. The van der Waals surface area contributed by atoms with E-state index in [4.69, 9.17) is 27.9 Å². The predicted molar refractivity (Wildman–Crippen MR) is 162 cm³/mol. The molecule has 1 saturated carbocycles. The molecule has 6 rings (SSSR count). The normalized spacial score (nSPS) is 32.6. The van der Waals surface area contributed by atoms with Crippen molar-refractivity contribution in [1.82, 2.24) is 4.90 Å². The molecule has 13 heteroatoms. The number of aromatic hydroxyl groups is 1. The monoisotopic (exact) mass is 788 g/mol. The average Bonchev–Trinajstić information content (AvgIpc) is 3.28. The summed E-state index contributed by atoms with van der Waals surface area (Å²) < 4.78 is 6.46. The highest BCUT2D eigenvalue weighted by Gasteiger charge is 2.76. The summed E-state index contributed by atoms with van der Waals surface area (Å²) in [5, 5.41) is 10.5. The van der Waals surface area contributed by atoms with Gasteiger partial charge in [-0.1, -0.05) is 43.5 Å². The average molecular weight is 792 g/mol. The van der Waals surface area contributed by atoms with Gasteiger partial charge in [0.25, 0.3) is 11.8 Å². The van der Waals surface area contributed by atoms with Crippen LogP contribution in [0.1, 0.15) is 24.3 Å². The Morgan fingerprint density at radius 3 is 2.34 bits per heavy atom. The number of methoxy groups -OCH3 is 1. The lowest BCUT2D eigenvalue weighted by Gasteiger charge is -2.50. The second-order valence-electron chi connectivity index (χ2n) is 10.5. The van der Waals surface area contributed by atoms with Crippen LogP contribution >= 0.6 is 71.0 Å². The fourth-order valence-electron chi connectivity index (χ4n) is 6.89. The molecule has 2 aliphatic heterocycles. The van der Waals surface area contributed by atoms with E-state index in [1.165, 1.54) is 12.0 Å². The number of ether oxygens (including phenoxy) is 1. The molecule has 2 saturated heterocycles. The predicted octanol–water partition coefficient (Wildman–Crippen LogP) is 5.84. The number of hydrogen-bond donors (Lipinski definition) is 1. The number of hydrogen-bond acceptors (Lipinski definition) is 6. The molecule has 2 aromatic carbocycles. The molecule has 0 spiro atoms. The number of phenols is 1. The first kappa shape index (κ1) is 29.2. The Labute approximate surface area is 270 Å². The van der Waals surface area contributed by atoms with Crippen LogP contribution in [0.25, 0.3) is 0 Å². The van der Waals surface area contributed by atoms with Crippen LogP contribution in [0.5, 0.6) is 11.5 Å². The Morgan fingerprint density at radius 1 is 1.02 bits per heavy atom. The van der Waals surface area contributed by atoms with Crippen molar-refractivity contribution in [1.29, 1.82) is 0 Å². The maximum atomic E-state index is 14.0. The number of benzene rings is 2. The van der Waals surface area contributed by atoms with Gasteiger partial charge in [-0.3, -0.25) is 29.0 Å². The van der Waals surface area contributed by atoms with Gasteiger partial charge in [0.2, 0.25) is 11.8 Å². The van der Waals surface area contributed by atoms with Gasteiger partial charge in [0.1, 0.15) is 0 Å². The summed E-state index contributed by atoms with van der Waals surface area (Å²) in [5.74, 6) is -5.21. The van der Waals surface area contributed by atoms with E-state index in [-0.39, 0.29) is 40.2 Å². The minimum Gasteiger partial charge on any atom is -0.503 e. The van der Waals surface area contributed by atoms with E-state index in [2.05, 4.69) is 47.8 Å². The first-order valence-electron chi connectivity index (χ1n) is 12.6. The number of carbonyl (C=O) groups excluding carboxylic acids is 4. The highest BCUT2D eigenvalue weighted by molar-refractivity contribution is 9.11. The van der Waals surface area contributed by atoms with Crippen molar-refractivity contribution in [2.45, 2.75) is 28.5 Å². The van der Waals surface area contributed by atoms with E-state index in [9.17, 15) is 24.3 Å². The Morgan fingerprint density at radius 2 is 1.71 bits per heavy atom. The summed E-state index contributed by atoms with van der Waals surface area (Å²) in [6, 6.07) is 10.0. The Kier molecular flexibility index (Phi) is 7.17. The third kappa shape index (κ3) is 3.88. The van der Waals surface area contributed by atoms with Crippen LogP contribution in [0, 0.1) is 17.8 Å². The van der Waals surface area contributed by atoms with Gasteiger partial charge in [-0.2, -0.15) is 0 Å². The molecule has 0 bridgehead atoms. The van der Waals surface area contributed by atoms with Gasteiger partial charge >= 0.3 is 0 Å². The molecule has 3 fully saturated rings. The fraction of sp³-hybridized carbons (Fsp3) is 0.357. The van der Waals surface area contributed by atoms with E-state index >= 15 is 0 Å². The number of phenolic OH excluding ortho intramolecular Hbond substituents is 1. The van der Waals surface area contributed by atoms with Gasteiger partial charge in [-0.15, -0.1) is 23.2 Å². The highest BCUT2D eigenvalue weighted by Crippen LogP contribution is 2.66. The van der Waals surface area contributed by atoms with Crippen LogP contribution in [-0.2, 0) is 19.2 Å². The number of likely N-dealkylation sites (tertiary alicyclic amines) is 1. The van der Waals surface area contributed by atoms with Crippen molar-refractivity contribution in [3.8, 4) is 11.5 Å². The number of fused-ring (bicyclic) bond motifs is 4. The van der Waals surface area contributed by atoms with Gasteiger partial charge in [0.05, 0.1) is 34.6 Å². The van der Waals surface area contributed by atoms with E-state index in [1.54, 1.807) is 36.4 Å². The van der Waals surface area contributed by atoms with Crippen molar-refractivity contribution < 1.29 is 29.0 Å². The summed E-state index contributed by atoms with van der Waals surface area (Å²) in [4.78, 5) is 53.6. The Bertz CT molecular complexity index is 1570. The first-order chi connectivity index (χ1) is 19.4. The van der Waals surface area contributed by atoms with Crippen molar-refractivity contribution in [2.24, 2.45) is 17.8 Å². The molecule has 1 N–H and O–H groups in total. The van der Waals surface area contributed by atoms with Crippen LogP contribution in [0.2, 0.25) is 0 Å². The molecule has 6 atom stereocenters. The molecule has 2 aromatic rings. The van der Waals surface area contributed by atoms with Gasteiger partial charge in [-0.25, -0.2) is 0 Å². The molecule has 0 unspecified atom stereocenters. The number of alkyl halides is 3. The van der Waals surface area contributed by atoms with Crippen LogP contribution in [0.3, 0.4) is 0 Å². The van der Waals surface area contributed by atoms with Gasteiger partial charge < -0.3 is 9.84 Å². The number of imide groups is 2. The first-order valence-corrected chi connectivity index (χ1v) is 16.1. The number of amides is 4. The van der Waals surface area contributed by atoms with E-state index in [0.29, 0.717) is 16.8 Å². The number of halogens is 5. The number of rotatable bonds is 4. The molecule has 2 heterocycles. The van der Waals surface area contributed by atoms with Crippen LogP contribution in [-0.4, -0.2) is 55.9 Å². The van der Waals surface area contributed by atoms with Crippen molar-refractivity contribution in [3.63, 3.8) is 0 Å². The van der Waals surface area contributed by atoms with E-state index in [1.807, 2.05) is 6.08 Å². The largest absolute Gasteiger partial charge is 0.503 e. The zero-order valence-electron chi connectivity index (χ0n) is 21.2. The lowest BCUT2D eigenvalue weighted by Crippen LogP contribution is -2.60. The fourth-order valence-corrected chi connectivity index (χ4v) is 9.04. The maximum Gasteiger partial charge on any atom is 0.254 e. The van der Waals surface area contributed by atoms with Crippen molar-refractivity contribution >= 4 is 100 Å². The molecule has 0 radical (unpaired) electrons. The molecule has 2 aliphatic carbocycles. The molecule has 4 aliphatic rings. The van der Waals surface area contributed by atoms with Gasteiger partial charge in [0, 0.05) is 10.4 Å². The number of anilines is 1. The highest BCUT2D eigenvalue weighted by atomic mass is 79.9. The maximum absolute atomic E-state index is 14.0. The summed E-state index contributed by atoms with van der Waals surface area (Å²) in [6.45, 7) is 0. The summed E-state index contributed by atoms with van der Waals surface area (Å²) in [5.41, 5.74) is 1.44. The lowest BCUT2D eigenvalue weighted by atomic mass is 9.56. The Balaban J connectivity index is 1.54. The topological polar surface area (TPSA) is 104 Å². The summed E-state index contributed by atoms with van der Waals surface area (Å²) in [7, 11) is 1.39. The van der Waals surface area contributed by atoms with Crippen molar-refractivity contribution in [3.05, 3.63) is 62.6 Å². The summed E-state index contributed by atoms with van der Waals surface area (Å²) >= 11 is 24.4. The number of carbonyl (C=O) groups is 4. The standard InChI is InChI=1S/C28H21Br3Cl2N2O6/c1-41-19-9-12(8-18(31)22(19)36)21-15-6-7-16-20(24(38)35(23(16)37)14-4-2-13(30)3-5-14)17(15)10-27(32)25(39)34(11-29)26(40)28(21,27)33/h2-6,8-9,16-17,20-21,36H,7,10-11H2,1H3/t16-,17+,20-,21-,27+,28-/m0/s1. The smallest absolute Gasteiger partial charge is 0.254 e. The number of allylic oxidation sites excluding steroid dienone is 2. The second kappa shape index (κ2) is 10.1. The molecule has 0 aromatic heterocycles. The SMILES string of the molecule is COc1cc([C@H]2C3=CC[C@@H]4C(=O)N(c5ccc(Br)cc5)C(=O)[C@@H]4[C@@H]3C[C@@]3(Cl)C(=O)N(CBr)C(=O)[C@@]23Cl)cc(Br)c1O. The van der Waals surface area contributed by atoms with E-state index in [0.717, 1.165) is 9.37 Å². The minimum atomic E-state index is -1.95. The quantitative estimate of drug-likeness (QED) is 0.181. The third-order valence-electron chi connectivity index (χ3n) is 8.70. The van der Waals surface area contributed by atoms with Gasteiger partial charge in [-0.05, 0) is 76.7 Å². The molecular weight excluding hydrogens is 771 g/mol. The zero-order chi connectivity index (χ0) is 29.6. The molecule has 4 amide bonds. The van der Waals surface area contributed by atoms with Crippen LogP contribution in [0.15, 0.2) is 57.0 Å². The van der Waals surface area contributed by atoms with Crippen LogP contribution < -0.4 is 9.64 Å².